The summed E-state index contributed by atoms with van der Waals surface area (Å²) in [5, 5.41) is 10.6. The van der Waals surface area contributed by atoms with Crippen LogP contribution >= 0.6 is 0 Å². The van der Waals surface area contributed by atoms with Crippen molar-refractivity contribution in [3.05, 3.63) is 65.2 Å². The van der Waals surface area contributed by atoms with Crippen LogP contribution < -0.4 is 4.74 Å². The smallest absolute Gasteiger partial charge is 0.256 e. The van der Waals surface area contributed by atoms with Crippen molar-refractivity contribution >= 4 is 5.91 Å². The largest absolute Gasteiger partial charge is 0.497 e. The van der Waals surface area contributed by atoms with Crippen molar-refractivity contribution in [3.8, 4) is 5.75 Å². The highest BCUT2D eigenvalue weighted by Gasteiger charge is 2.45. The van der Waals surface area contributed by atoms with E-state index in [1.54, 1.807) is 31.4 Å². The first-order valence-electron chi connectivity index (χ1n) is 8.82. The second-order valence-corrected chi connectivity index (χ2v) is 7.16. The van der Waals surface area contributed by atoms with Gasteiger partial charge in [-0.2, -0.15) is 0 Å². The van der Waals surface area contributed by atoms with E-state index in [0.29, 0.717) is 24.4 Å². The van der Waals surface area contributed by atoms with Gasteiger partial charge in [-0.1, -0.05) is 42.8 Å². The molecule has 4 nitrogen and oxygen atoms in total. The van der Waals surface area contributed by atoms with Crippen LogP contribution in [0.15, 0.2) is 48.5 Å². The molecular formula is C21H23NO3. The molecule has 1 spiro atoms. The van der Waals surface area contributed by atoms with Crippen LogP contribution in [0.2, 0.25) is 0 Å². The molecule has 1 aliphatic carbocycles. The zero-order valence-electron chi connectivity index (χ0n) is 14.4. The molecule has 0 saturated heterocycles. The second-order valence-electron chi connectivity index (χ2n) is 7.16. The molecule has 1 heterocycles. The topological polar surface area (TPSA) is 49.8 Å². The second kappa shape index (κ2) is 6.19. The SMILES string of the molecule is COc1cccc(C(O)C(=O)N2Cc3ccccc3C3(CCC3)C2)c1. The summed E-state index contributed by atoms with van der Waals surface area (Å²) in [5.74, 6) is 0.415. The third-order valence-corrected chi connectivity index (χ3v) is 5.71. The Morgan fingerprint density at radius 1 is 1.20 bits per heavy atom. The van der Waals surface area contributed by atoms with E-state index in [9.17, 15) is 9.90 Å². The maximum atomic E-state index is 13.0. The third-order valence-electron chi connectivity index (χ3n) is 5.71. The first-order chi connectivity index (χ1) is 12.1. The van der Waals surface area contributed by atoms with Crippen molar-refractivity contribution in [2.75, 3.05) is 13.7 Å². The van der Waals surface area contributed by atoms with Crippen LogP contribution in [0.5, 0.6) is 5.75 Å². The van der Waals surface area contributed by atoms with Gasteiger partial charge in [0.15, 0.2) is 6.10 Å². The Balaban J connectivity index is 1.60. The Bertz CT molecular complexity index is 797. The number of carbonyl (C=O) groups excluding carboxylic acids is 1. The summed E-state index contributed by atoms with van der Waals surface area (Å²) in [6.45, 7) is 1.27. The Labute approximate surface area is 148 Å². The van der Waals surface area contributed by atoms with E-state index < -0.39 is 6.10 Å². The molecule has 1 aliphatic heterocycles. The normalized spacial score (nSPS) is 19.0. The molecule has 2 aliphatic rings. The number of aliphatic hydroxyl groups excluding tert-OH is 1. The minimum Gasteiger partial charge on any atom is -0.497 e. The van der Waals surface area contributed by atoms with Crippen molar-refractivity contribution < 1.29 is 14.6 Å². The zero-order valence-corrected chi connectivity index (χ0v) is 14.4. The maximum absolute atomic E-state index is 13.0. The summed E-state index contributed by atoms with van der Waals surface area (Å²) in [6.07, 6.45) is 2.28. The van der Waals surface area contributed by atoms with Gasteiger partial charge < -0.3 is 14.7 Å². The Hall–Kier alpha value is -2.33. The number of ether oxygens (including phenoxy) is 1. The minimum atomic E-state index is -1.16. The number of benzene rings is 2. The first-order valence-corrected chi connectivity index (χ1v) is 8.82. The number of methoxy groups -OCH3 is 1. The molecule has 0 bridgehead atoms. The number of rotatable bonds is 3. The van der Waals surface area contributed by atoms with Crippen LogP contribution in [-0.2, 0) is 16.8 Å². The van der Waals surface area contributed by atoms with Crippen molar-refractivity contribution in [2.24, 2.45) is 0 Å². The van der Waals surface area contributed by atoms with Gasteiger partial charge in [-0.25, -0.2) is 0 Å². The number of carbonyl (C=O) groups is 1. The fraction of sp³-hybridized carbons (Fsp3) is 0.381. The lowest BCUT2D eigenvalue weighted by Gasteiger charge is -2.50. The number of hydrogen-bond acceptors (Lipinski definition) is 3. The van der Waals surface area contributed by atoms with Crippen LogP contribution in [0.4, 0.5) is 0 Å². The summed E-state index contributed by atoms with van der Waals surface area (Å²) in [4.78, 5) is 14.8. The highest BCUT2D eigenvalue weighted by atomic mass is 16.5. The lowest BCUT2D eigenvalue weighted by molar-refractivity contribution is -0.143. The highest BCUT2D eigenvalue weighted by Crippen LogP contribution is 2.48. The predicted octanol–water partition coefficient (Wildman–Crippen LogP) is 3.19. The van der Waals surface area contributed by atoms with Gasteiger partial charge in [0, 0.05) is 18.5 Å². The molecule has 25 heavy (non-hydrogen) atoms. The monoisotopic (exact) mass is 337 g/mol. The summed E-state index contributed by atoms with van der Waals surface area (Å²) < 4.78 is 5.20. The number of nitrogens with zero attached hydrogens (tertiary/aromatic N) is 1. The van der Waals surface area contributed by atoms with Crippen molar-refractivity contribution in [3.63, 3.8) is 0 Å². The fourth-order valence-corrected chi connectivity index (χ4v) is 4.20. The molecule has 2 aromatic carbocycles. The molecule has 1 fully saturated rings. The molecule has 2 aromatic rings. The fourth-order valence-electron chi connectivity index (χ4n) is 4.20. The average Bonchev–Trinajstić information content (AvgIpc) is 2.64. The first kappa shape index (κ1) is 16.2. The minimum absolute atomic E-state index is 0.0819. The molecule has 1 atom stereocenters. The predicted molar refractivity (Wildman–Crippen MR) is 95.3 cm³/mol. The van der Waals surface area contributed by atoms with Gasteiger partial charge in [-0.3, -0.25) is 4.79 Å². The van der Waals surface area contributed by atoms with Crippen LogP contribution in [0, 0.1) is 0 Å². The summed E-state index contributed by atoms with van der Waals surface area (Å²) in [5.41, 5.74) is 3.25. The lowest BCUT2D eigenvalue weighted by atomic mass is 9.61. The van der Waals surface area contributed by atoms with Gasteiger partial charge >= 0.3 is 0 Å². The molecule has 0 radical (unpaired) electrons. The Morgan fingerprint density at radius 2 is 2.00 bits per heavy atom. The molecule has 1 amide bonds. The Morgan fingerprint density at radius 3 is 2.72 bits per heavy atom. The molecular weight excluding hydrogens is 314 g/mol. The molecule has 4 heteroatoms. The lowest BCUT2D eigenvalue weighted by Crippen LogP contribution is -2.52. The third kappa shape index (κ3) is 2.71. The summed E-state index contributed by atoms with van der Waals surface area (Å²) in [6, 6.07) is 15.5. The van der Waals surface area contributed by atoms with Gasteiger partial charge in [0.05, 0.1) is 7.11 Å². The van der Waals surface area contributed by atoms with Crippen molar-refractivity contribution in [2.45, 2.75) is 37.3 Å². The molecule has 1 unspecified atom stereocenters. The van der Waals surface area contributed by atoms with E-state index in [2.05, 4.69) is 18.2 Å². The van der Waals surface area contributed by atoms with Crippen molar-refractivity contribution in [1.29, 1.82) is 0 Å². The van der Waals surface area contributed by atoms with E-state index in [1.165, 1.54) is 17.5 Å². The zero-order chi connectivity index (χ0) is 17.4. The molecule has 0 aromatic heterocycles. The number of aliphatic hydroxyl groups is 1. The maximum Gasteiger partial charge on any atom is 0.256 e. The number of amides is 1. The van der Waals surface area contributed by atoms with Gasteiger partial charge in [0.25, 0.3) is 5.91 Å². The molecule has 1 N–H and O–H groups in total. The standard InChI is InChI=1S/C21H23NO3/c1-25-17-8-4-7-15(12-17)19(23)20(24)22-13-16-6-2-3-9-18(16)21(14-22)10-5-11-21/h2-4,6-9,12,19,23H,5,10-11,13-14H2,1H3. The van der Waals surface area contributed by atoms with Crippen molar-refractivity contribution in [1.82, 2.24) is 4.90 Å². The summed E-state index contributed by atoms with van der Waals surface area (Å²) >= 11 is 0. The van der Waals surface area contributed by atoms with E-state index in [-0.39, 0.29) is 11.3 Å². The number of hydrogen-bond donors (Lipinski definition) is 1. The number of fused-ring (bicyclic) bond motifs is 2. The van der Waals surface area contributed by atoms with E-state index in [0.717, 1.165) is 12.8 Å². The Kier molecular flexibility index (Phi) is 4.00. The molecule has 1 saturated carbocycles. The van der Waals surface area contributed by atoms with Crippen LogP contribution in [0.3, 0.4) is 0 Å². The van der Waals surface area contributed by atoms with E-state index in [1.807, 2.05) is 11.0 Å². The van der Waals surface area contributed by atoms with Crippen LogP contribution in [0.25, 0.3) is 0 Å². The van der Waals surface area contributed by atoms with Gasteiger partial charge in [-0.05, 0) is 41.7 Å². The van der Waals surface area contributed by atoms with E-state index >= 15 is 0 Å². The van der Waals surface area contributed by atoms with Gasteiger partial charge in [0.2, 0.25) is 0 Å². The van der Waals surface area contributed by atoms with Gasteiger partial charge in [-0.15, -0.1) is 0 Å². The average molecular weight is 337 g/mol. The molecule has 4 rings (SSSR count). The molecule has 130 valence electrons. The highest BCUT2D eigenvalue weighted by molar-refractivity contribution is 5.82. The summed E-state index contributed by atoms with van der Waals surface area (Å²) in [7, 11) is 1.58. The van der Waals surface area contributed by atoms with E-state index in [4.69, 9.17) is 4.74 Å². The van der Waals surface area contributed by atoms with Gasteiger partial charge in [0.1, 0.15) is 5.75 Å². The quantitative estimate of drug-likeness (QED) is 0.936. The van der Waals surface area contributed by atoms with Crippen LogP contribution in [0.1, 0.15) is 42.1 Å². The van der Waals surface area contributed by atoms with Crippen LogP contribution in [-0.4, -0.2) is 29.6 Å².